The average molecular weight is 1470 g/mol. The second kappa shape index (κ2) is 43.1. The van der Waals surface area contributed by atoms with Gasteiger partial charge < -0.3 is 47.4 Å². The standard InChI is InChI=1S/C89H91N11O10/c1-5-9-45-101-80-37-29-76(30-38-80)96-92-72-21-13-65(14-22-72)59-105-86-51-70(52-87(56-86)106-60-66-15-23-73(24-16-66)93-97-77-31-39-81(40-32-77)102-46-10-6-2)63-109-84-49-69(58-91-100-90)50-85(55-84)110-64-71-53-88(107-61-67-17-25-74(26-18-67)94-98-78-33-41-82(42-34-78)103-47-11-7-3)57-89(54-71)108-62-68-19-27-75(28-20-68)95-99-79-35-43-83(44-36-79)104-48-12-8-4/h13-44,49-57H,5-12,45-48,58-64H2,1-4H3. The Morgan fingerprint density at radius 2 is 0.409 bits per heavy atom. The Hall–Kier alpha value is -12.9. The van der Waals surface area contributed by atoms with Crippen molar-refractivity contribution in [3.8, 4) is 57.5 Å². The van der Waals surface area contributed by atoms with Crippen LogP contribution in [0.25, 0.3) is 10.4 Å². The van der Waals surface area contributed by atoms with E-state index in [0.29, 0.717) is 89.2 Å². The molecule has 0 bridgehead atoms. The van der Waals surface area contributed by atoms with Crippen LogP contribution in [0.3, 0.4) is 0 Å². The van der Waals surface area contributed by atoms with Crippen molar-refractivity contribution in [2.75, 3.05) is 26.4 Å². The van der Waals surface area contributed by atoms with Gasteiger partial charge in [-0.1, -0.05) is 107 Å². The molecule has 0 aromatic heterocycles. The molecule has 0 heterocycles. The van der Waals surface area contributed by atoms with Gasteiger partial charge in [0.25, 0.3) is 0 Å². The van der Waals surface area contributed by atoms with Crippen LogP contribution in [-0.4, -0.2) is 26.4 Å². The van der Waals surface area contributed by atoms with Crippen molar-refractivity contribution < 1.29 is 47.4 Å². The third kappa shape index (κ3) is 26.9. The van der Waals surface area contributed by atoms with Gasteiger partial charge in [-0.3, -0.25) is 0 Å². The zero-order valence-electron chi connectivity index (χ0n) is 62.6. The Bertz CT molecular complexity index is 4240. The van der Waals surface area contributed by atoms with E-state index in [1.54, 1.807) is 6.07 Å². The van der Waals surface area contributed by atoms with Gasteiger partial charge >= 0.3 is 0 Å². The number of hydrogen-bond acceptors (Lipinski definition) is 19. The number of benzene rings is 11. The van der Waals surface area contributed by atoms with E-state index in [4.69, 9.17) is 47.4 Å². The van der Waals surface area contributed by atoms with Crippen molar-refractivity contribution in [3.05, 3.63) is 298 Å². The summed E-state index contributed by atoms with van der Waals surface area (Å²) in [5.41, 5.74) is 21.0. The summed E-state index contributed by atoms with van der Waals surface area (Å²) < 4.78 is 62.4. The zero-order valence-corrected chi connectivity index (χ0v) is 62.6. The maximum Gasteiger partial charge on any atom is 0.123 e. The molecule has 0 atom stereocenters. The Balaban J connectivity index is 0.776. The van der Waals surface area contributed by atoms with Crippen LogP contribution in [0.1, 0.15) is 118 Å². The first-order valence-corrected chi connectivity index (χ1v) is 37.3. The van der Waals surface area contributed by atoms with Gasteiger partial charge in [0.2, 0.25) is 0 Å². The van der Waals surface area contributed by atoms with E-state index < -0.39 is 0 Å². The van der Waals surface area contributed by atoms with Crippen LogP contribution in [0.15, 0.2) is 295 Å². The van der Waals surface area contributed by atoms with E-state index >= 15 is 0 Å². The van der Waals surface area contributed by atoms with E-state index in [-0.39, 0.29) is 46.2 Å². The van der Waals surface area contributed by atoms with Crippen LogP contribution in [0, 0.1) is 0 Å². The fourth-order valence-corrected chi connectivity index (χ4v) is 10.6. The molecule has 110 heavy (non-hydrogen) atoms. The van der Waals surface area contributed by atoms with Crippen LogP contribution < -0.4 is 47.4 Å². The smallest absolute Gasteiger partial charge is 0.123 e. The van der Waals surface area contributed by atoms with Gasteiger partial charge in [0, 0.05) is 23.1 Å². The number of azo groups is 4. The zero-order chi connectivity index (χ0) is 76.0. The molecule has 0 N–H and O–H groups in total. The van der Waals surface area contributed by atoms with Gasteiger partial charge in [-0.25, -0.2) is 0 Å². The van der Waals surface area contributed by atoms with Crippen molar-refractivity contribution >= 4 is 45.5 Å². The number of unbranched alkanes of at least 4 members (excludes halogenated alkanes) is 4. The summed E-state index contributed by atoms with van der Waals surface area (Å²) in [6, 6.07) is 78.1. The van der Waals surface area contributed by atoms with Crippen LogP contribution in [-0.2, 0) is 46.2 Å². The lowest BCUT2D eigenvalue weighted by Gasteiger charge is -2.16. The monoisotopic (exact) mass is 1470 g/mol. The van der Waals surface area contributed by atoms with Crippen molar-refractivity contribution in [2.24, 2.45) is 46.0 Å². The van der Waals surface area contributed by atoms with E-state index in [2.05, 4.69) is 78.6 Å². The van der Waals surface area contributed by atoms with Crippen molar-refractivity contribution in [2.45, 2.75) is 125 Å². The molecule has 0 amide bonds. The highest BCUT2D eigenvalue weighted by Gasteiger charge is 2.13. The molecule has 21 nitrogen and oxygen atoms in total. The molecule has 0 fully saturated rings. The fourth-order valence-electron chi connectivity index (χ4n) is 10.6. The van der Waals surface area contributed by atoms with Crippen LogP contribution in [0.4, 0.5) is 45.5 Å². The Kier molecular flexibility index (Phi) is 30.6. The summed E-state index contributed by atoms with van der Waals surface area (Å²) in [6.07, 6.45) is 8.27. The van der Waals surface area contributed by atoms with Gasteiger partial charge in [0.1, 0.15) is 97.1 Å². The third-order valence-electron chi connectivity index (χ3n) is 16.9. The number of azide groups is 1. The molecular weight excluding hydrogens is 1380 g/mol. The predicted molar refractivity (Wildman–Crippen MR) is 428 cm³/mol. The van der Waals surface area contributed by atoms with Gasteiger partial charge in [-0.2, -0.15) is 40.9 Å². The van der Waals surface area contributed by atoms with Gasteiger partial charge in [0.15, 0.2) is 0 Å². The van der Waals surface area contributed by atoms with Crippen molar-refractivity contribution in [1.82, 2.24) is 0 Å². The molecule has 11 aromatic rings. The van der Waals surface area contributed by atoms with E-state index in [0.717, 1.165) is 130 Å². The van der Waals surface area contributed by atoms with Gasteiger partial charge in [-0.15, -0.1) is 0 Å². The van der Waals surface area contributed by atoms with Crippen molar-refractivity contribution in [3.63, 3.8) is 0 Å². The molecule has 0 unspecified atom stereocenters. The summed E-state index contributed by atoms with van der Waals surface area (Å²) in [6.45, 7) is 12.5. The second-order valence-electron chi connectivity index (χ2n) is 25.8. The molecule has 0 saturated carbocycles. The molecule has 11 aromatic carbocycles. The number of rotatable bonds is 44. The molecule has 562 valence electrons. The minimum Gasteiger partial charge on any atom is -0.494 e. The maximum absolute atomic E-state index is 9.46. The normalized spacial score (nSPS) is 11.3. The lowest BCUT2D eigenvalue weighted by molar-refractivity contribution is 0.276. The number of ether oxygens (including phenoxy) is 10. The molecule has 0 aliphatic rings. The Morgan fingerprint density at radius 1 is 0.218 bits per heavy atom. The highest BCUT2D eigenvalue weighted by atomic mass is 16.5. The van der Waals surface area contributed by atoms with E-state index in [9.17, 15) is 5.53 Å². The molecule has 0 spiro atoms. The second-order valence-corrected chi connectivity index (χ2v) is 25.8. The summed E-state index contributed by atoms with van der Waals surface area (Å²) in [5.74, 6) is 6.41. The lowest BCUT2D eigenvalue weighted by atomic mass is 10.1. The average Bonchev–Trinajstić information content (AvgIpc) is 0.846. The summed E-state index contributed by atoms with van der Waals surface area (Å²) >= 11 is 0. The number of nitrogens with zero attached hydrogens (tertiary/aromatic N) is 11. The quantitative estimate of drug-likeness (QED) is 0.0151. The predicted octanol–water partition coefficient (Wildman–Crippen LogP) is 26.3. The molecule has 11 rings (SSSR count). The Labute approximate surface area is 642 Å². The lowest BCUT2D eigenvalue weighted by Crippen LogP contribution is -2.03. The van der Waals surface area contributed by atoms with Crippen molar-refractivity contribution in [1.29, 1.82) is 0 Å². The molecule has 0 radical (unpaired) electrons. The van der Waals surface area contributed by atoms with Crippen LogP contribution >= 0.6 is 0 Å². The maximum atomic E-state index is 9.46. The highest BCUT2D eigenvalue weighted by molar-refractivity contribution is 5.50. The van der Waals surface area contributed by atoms with Gasteiger partial charge in [0.05, 0.1) is 78.5 Å². The summed E-state index contributed by atoms with van der Waals surface area (Å²) in [5, 5.41) is 39.5. The fraction of sp³-hybridized carbons (Fsp3) is 0.258. The molecule has 21 heteroatoms. The minimum atomic E-state index is 0.0472. The number of hydrogen-bond donors (Lipinski definition) is 0. The van der Waals surface area contributed by atoms with E-state index in [1.165, 1.54) is 0 Å². The summed E-state index contributed by atoms with van der Waals surface area (Å²) in [7, 11) is 0. The molecule has 0 saturated heterocycles. The third-order valence-corrected chi connectivity index (χ3v) is 16.9. The molecule has 0 aliphatic heterocycles. The summed E-state index contributed by atoms with van der Waals surface area (Å²) in [4.78, 5) is 3.05. The Morgan fingerprint density at radius 3 is 0.609 bits per heavy atom. The first kappa shape index (κ1) is 78.2. The topological polar surface area (TPSA) is 240 Å². The molecule has 0 aliphatic carbocycles. The first-order chi connectivity index (χ1) is 54.2. The first-order valence-electron chi connectivity index (χ1n) is 37.3. The van der Waals surface area contributed by atoms with Crippen LogP contribution in [0.5, 0.6) is 57.5 Å². The van der Waals surface area contributed by atoms with Crippen LogP contribution in [0.2, 0.25) is 0 Å². The van der Waals surface area contributed by atoms with Gasteiger partial charge in [-0.05, 0) is 252 Å². The highest BCUT2D eigenvalue weighted by Crippen LogP contribution is 2.34. The molecular formula is C89H91N11O10. The SMILES string of the molecule is CCCCOc1ccc(N=Nc2ccc(COc3cc(COc4cc(CN=[N+]=[N-])cc(OCc5cc(OCc6ccc(N=Nc7ccc(OCCCC)cc7)cc6)cc(OCc6ccc(N=Nc7ccc(OCCCC)cc7)cc6)c5)c4)cc(OCc4ccc(N=Nc5ccc(OCCCC)cc5)cc4)c3)cc2)cc1. The largest absolute Gasteiger partial charge is 0.494 e. The van der Waals surface area contributed by atoms with E-state index in [1.807, 2.05) is 243 Å². The minimum absolute atomic E-state index is 0.0472.